The third kappa shape index (κ3) is 5.48. The third-order valence-electron chi connectivity index (χ3n) is 4.10. The summed E-state index contributed by atoms with van der Waals surface area (Å²) in [6.07, 6.45) is 0. The Morgan fingerprint density at radius 2 is 1.83 bits per heavy atom. The first kappa shape index (κ1) is 20.7. The highest BCUT2D eigenvalue weighted by Crippen LogP contribution is 2.26. The third-order valence-corrected chi connectivity index (χ3v) is 5.32. The number of ether oxygens (including phenoxy) is 1. The molecule has 0 unspecified atom stereocenters. The molecule has 1 saturated heterocycles. The van der Waals surface area contributed by atoms with E-state index in [1.807, 2.05) is 4.90 Å². The van der Waals surface area contributed by atoms with Crippen molar-refractivity contribution in [2.45, 2.75) is 6.92 Å². The van der Waals surface area contributed by atoms with Gasteiger partial charge in [-0.2, -0.15) is 0 Å². The smallest absolute Gasteiger partial charge is 0.281 e. The van der Waals surface area contributed by atoms with Crippen molar-refractivity contribution in [1.29, 1.82) is 0 Å². The van der Waals surface area contributed by atoms with Gasteiger partial charge in [0.25, 0.3) is 17.7 Å². The maximum atomic E-state index is 12.9. The van der Waals surface area contributed by atoms with Crippen LogP contribution in [0.5, 0.6) is 0 Å². The van der Waals surface area contributed by atoms with E-state index in [2.05, 4.69) is 21.2 Å². The summed E-state index contributed by atoms with van der Waals surface area (Å²) >= 11 is 1.24. The van der Waals surface area contributed by atoms with Crippen LogP contribution in [0.4, 0.5) is 9.52 Å². The Labute approximate surface area is 170 Å². The van der Waals surface area contributed by atoms with Crippen molar-refractivity contribution in [3.8, 4) is 0 Å². The van der Waals surface area contributed by atoms with Crippen molar-refractivity contribution in [2.75, 3.05) is 37.7 Å². The van der Waals surface area contributed by atoms with E-state index >= 15 is 0 Å². The number of nitrogens with one attached hydrogen (secondary N) is 3. The molecule has 0 spiro atoms. The standard InChI is InChI=1S/C18H20FN5O4S/c1-11-15(29-18(21-11)24-6-8-28-9-7-24)17(27)23-22-14(25)10-20-16(26)12-2-4-13(19)5-3-12/h2-5H,6-10H2,1H3,(H,20,26)(H,22,25)(H,23,27). The Hall–Kier alpha value is -3.05. The number of rotatable bonds is 5. The monoisotopic (exact) mass is 421 g/mol. The summed E-state index contributed by atoms with van der Waals surface area (Å²) < 4.78 is 18.2. The number of hydrazine groups is 1. The molecule has 0 aliphatic carbocycles. The van der Waals surface area contributed by atoms with Gasteiger partial charge in [-0.3, -0.25) is 25.2 Å². The van der Waals surface area contributed by atoms with Crippen molar-refractivity contribution in [1.82, 2.24) is 21.2 Å². The van der Waals surface area contributed by atoms with E-state index in [4.69, 9.17) is 4.74 Å². The molecule has 2 aromatic rings. The number of carbonyl (C=O) groups excluding carboxylic acids is 3. The molecule has 29 heavy (non-hydrogen) atoms. The first-order valence-electron chi connectivity index (χ1n) is 8.87. The maximum Gasteiger partial charge on any atom is 0.281 e. The summed E-state index contributed by atoms with van der Waals surface area (Å²) in [4.78, 5) is 43.0. The Morgan fingerprint density at radius 3 is 2.52 bits per heavy atom. The summed E-state index contributed by atoms with van der Waals surface area (Å²) in [5, 5.41) is 3.12. The first-order valence-corrected chi connectivity index (χ1v) is 9.69. The number of thiazole rings is 1. The highest BCUT2D eigenvalue weighted by atomic mass is 32.1. The number of halogens is 1. The Morgan fingerprint density at radius 1 is 1.14 bits per heavy atom. The highest BCUT2D eigenvalue weighted by molar-refractivity contribution is 7.17. The number of aryl methyl sites for hydroxylation is 1. The van der Waals surface area contributed by atoms with E-state index in [1.165, 1.54) is 23.5 Å². The molecular formula is C18H20FN5O4S. The lowest BCUT2D eigenvalue weighted by Gasteiger charge is -2.25. The van der Waals surface area contributed by atoms with Crippen LogP contribution in [0.2, 0.25) is 0 Å². The van der Waals surface area contributed by atoms with Gasteiger partial charge in [-0.15, -0.1) is 0 Å². The molecule has 0 radical (unpaired) electrons. The lowest BCUT2D eigenvalue weighted by Crippen LogP contribution is -2.46. The second-order valence-corrected chi connectivity index (χ2v) is 7.18. The average Bonchev–Trinajstić information content (AvgIpc) is 3.13. The summed E-state index contributed by atoms with van der Waals surface area (Å²) in [5.74, 6) is -2.08. The summed E-state index contributed by atoms with van der Waals surface area (Å²) in [6, 6.07) is 4.92. The van der Waals surface area contributed by atoms with Crippen LogP contribution < -0.4 is 21.1 Å². The van der Waals surface area contributed by atoms with Crippen LogP contribution in [0.25, 0.3) is 0 Å². The maximum absolute atomic E-state index is 12.9. The van der Waals surface area contributed by atoms with Gasteiger partial charge in [0.2, 0.25) is 0 Å². The molecule has 0 atom stereocenters. The van der Waals surface area contributed by atoms with Crippen LogP contribution >= 0.6 is 11.3 Å². The van der Waals surface area contributed by atoms with Crippen LogP contribution in [0, 0.1) is 12.7 Å². The van der Waals surface area contributed by atoms with E-state index < -0.39 is 23.5 Å². The van der Waals surface area contributed by atoms with Crippen LogP contribution in [-0.2, 0) is 9.53 Å². The number of anilines is 1. The van der Waals surface area contributed by atoms with Crippen LogP contribution in [-0.4, -0.2) is 55.6 Å². The predicted octanol–water partition coefficient (Wildman–Crippen LogP) is 0.618. The van der Waals surface area contributed by atoms with Crippen molar-refractivity contribution >= 4 is 34.2 Å². The number of hydrogen-bond donors (Lipinski definition) is 3. The molecule has 1 aliphatic heterocycles. The van der Waals surface area contributed by atoms with Gasteiger partial charge in [-0.05, 0) is 31.2 Å². The van der Waals surface area contributed by atoms with Crippen molar-refractivity contribution < 1.29 is 23.5 Å². The Balaban J connectivity index is 1.47. The van der Waals surface area contributed by atoms with E-state index in [0.29, 0.717) is 36.9 Å². The van der Waals surface area contributed by atoms with Gasteiger partial charge in [0, 0.05) is 18.7 Å². The van der Waals surface area contributed by atoms with Gasteiger partial charge in [-0.1, -0.05) is 11.3 Å². The minimum Gasteiger partial charge on any atom is -0.378 e. The Kier molecular flexibility index (Phi) is 6.73. The number of amides is 3. The largest absolute Gasteiger partial charge is 0.378 e. The quantitative estimate of drug-likeness (QED) is 0.610. The van der Waals surface area contributed by atoms with Gasteiger partial charge in [-0.25, -0.2) is 9.37 Å². The predicted molar refractivity (Wildman–Crippen MR) is 104 cm³/mol. The van der Waals surface area contributed by atoms with Gasteiger partial charge in [0.05, 0.1) is 25.5 Å². The number of nitrogens with zero attached hydrogens (tertiary/aromatic N) is 2. The zero-order valence-corrected chi connectivity index (χ0v) is 16.5. The van der Waals surface area contributed by atoms with Crippen LogP contribution in [0.15, 0.2) is 24.3 Å². The minimum atomic E-state index is -0.607. The number of benzene rings is 1. The van der Waals surface area contributed by atoms with Gasteiger partial charge in [0.1, 0.15) is 10.7 Å². The second kappa shape index (κ2) is 9.43. The number of aromatic nitrogens is 1. The highest BCUT2D eigenvalue weighted by Gasteiger charge is 2.20. The molecule has 2 heterocycles. The average molecular weight is 421 g/mol. The number of morpholine rings is 1. The molecule has 1 aromatic heterocycles. The summed E-state index contributed by atoms with van der Waals surface area (Å²) in [7, 11) is 0. The van der Waals surface area contributed by atoms with Crippen molar-refractivity contribution in [3.63, 3.8) is 0 Å². The summed E-state index contributed by atoms with van der Waals surface area (Å²) in [6.45, 7) is 4.01. The minimum absolute atomic E-state index is 0.221. The molecule has 3 rings (SSSR count). The van der Waals surface area contributed by atoms with Gasteiger partial charge >= 0.3 is 0 Å². The molecule has 1 aromatic carbocycles. The van der Waals surface area contributed by atoms with E-state index in [-0.39, 0.29) is 12.1 Å². The van der Waals surface area contributed by atoms with Gasteiger partial charge in [0.15, 0.2) is 5.13 Å². The molecule has 154 valence electrons. The second-order valence-electron chi connectivity index (χ2n) is 6.20. The molecule has 9 nitrogen and oxygen atoms in total. The molecule has 3 amide bonds. The zero-order valence-electron chi connectivity index (χ0n) is 15.7. The van der Waals surface area contributed by atoms with E-state index in [0.717, 1.165) is 17.3 Å². The SMILES string of the molecule is Cc1nc(N2CCOCC2)sc1C(=O)NNC(=O)CNC(=O)c1ccc(F)cc1. The van der Waals surface area contributed by atoms with Gasteiger partial charge < -0.3 is 15.0 Å². The fraction of sp³-hybridized carbons (Fsp3) is 0.333. The molecule has 3 N–H and O–H groups in total. The van der Waals surface area contributed by atoms with Crippen molar-refractivity contribution in [3.05, 3.63) is 46.2 Å². The topological polar surface area (TPSA) is 113 Å². The number of hydrogen-bond acceptors (Lipinski definition) is 7. The zero-order chi connectivity index (χ0) is 20.8. The molecule has 0 saturated carbocycles. The van der Waals surface area contributed by atoms with E-state index in [9.17, 15) is 18.8 Å². The summed E-state index contributed by atoms with van der Waals surface area (Å²) in [5.41, 5.74) is 5.34. The normalized spacial score (nSPS) is 13.7. The fourth-order valence-corrected chi connectivity index (χ4v) is 3.59. The van der Waals surface area contributed by atoms with Crippen molar-refractivity contribution in [2.24, 2.45) is 0 Å². The number of carbonyl (C=O) groups is 3. The lowest BCUT2D eigenvalue weighted by molar-refractivity contribution is -0.120. The molecule has 1 fully saturated rings. The molecule has 11 heteroatoms. The van der Waals surface area contributed by atoms with Crippen LogP contribution in [0.1, 0.15) is 25.7 Å². The fourth-order valence-electron chi connectivity index (χ4n) is 2.57. The first-order chi connectivity index (χ1) is 13.9. The molecular weight excluding hydrogens is 401 g/mol. The van der Waals surface area contributed by atoms with Crippen LogP contribution in [0.3, 0.4) is 0 Å². The molecule has 0 bridgehead atoms. The van der Waals surface area contributed by atoms with E-state index in [1.54, 1.807) is 6.92 Å². The molecule has 1 aliphatic rings. The lowest BCUT2D eigenvalue weighted by atomic mass is 10.2. The Bertz CT molecular complexity index is 896.